The van der Waals surface area contributed by atoms with Gasteiger partial charge in [0.2, 0.25) is 0 Å². The molecule has 7 nitrogen and oxygen atoms in total. The molecule has 1 amide bonds. The Balaban J connectivity index is 1.38. The van der Waals surface area contributed by atoms with Gasteiger partial charge >= 0.3 is 0 Å². The van der Waals surface area contributed by atoms with Crippen LogP contribution in [0.1, 0.15) is 29.0 Å². The number of piperidine rings is 1. The molecule has 146 valence electrons. The number of pyridine rings is 1. The molecule has 1 aliphatic heterocycles. The molecular formula is C21H25N5O2. The molecule has 1 aromatic carbocycles. The van der Waals surface area contributed by atoms with E-state index < -0.39 is 0 Å². The predicted molar refractivity (Wildman–Crippen MR) is 109 cm³/mol. The van der Waals surface area contributed by atoms with Crippen LogP contribution in [0.5, 0.6) is 5.75 Å². The summed E-state index contributed by atoms with van der Waals surface area (Å²) in [6.45, 7) is 3.66. The van der Waals surface area contributed by atoms with E-state index in [0.717, 1.165) is 54.1 Å². The van der Waals surface area contributed by atoms with Crippen molar-refractivity contribution >= 4 is 22.6 Å². The van der Waals surface area contributed by atoms with Gasteiger partial charge in [0.1, 0.15) is 17.3 Å². The average Bonchev–Trinajstić information content (AvgIpc) is 3.06. The maximum atomic E-state index is 12.4. The third-order valence-corrected chi connectivity index (χ3v) is 5.38. The minimum atomic E-state index is -0.0973. The smallest absolute Gasteiger partial charge is 0.272 e. The van der Waals surface area contributed by atoms with E-state index in [1.165, 1.54) is 0 Å². The predicted octanol–water partition coefficient (Wildman–Crippen LogP) is 2.68. The van der Waals surface area contributed by atoms with Gasteiger partial charge in [0.25, 0.3) is 5.91 Å². The van der Waals surface area contributed by atoms with Gasteiger partial charge < -0.3 is 15.0 Å². The molecule has 1 fully saturated rings. The molecule has 28 heavy (non-hydrogen) atoms. The lowest BCUT2D eigenvalue weighted by atomic mass is 10.0. The summed E-state index contributed by atoms with van der Waals surface area (Å²) < 4.78 is 6.99. The molecule has 0 atom stereocenters. The molecule has 0 bridgehead atoms. The normalized spacial score (nSPS) is 15.0. The van der Waals surface area contributed by atoms with Gasteiger partial charge in [0.05, 0.1) is 12.6 Å². The van der Waals surface area contributed by atoms with Crippen molar-refractivity contribution in [2.75, 3.05) is 25.1 Å². The van der Waals surface area contributed by atoms with Crippen molar-refractivity contribution in [3.63, 3.8) is 0 Å². The van der Waals surface area contributed by atoms with Crippen molar-refractivity contribution in [2.45, 2.75) is 25.8 Å². The van der Waals surface area contributed by atoms with Crippen LogP contribution in [0.15, 0.2) is 36.4 Å². The van der Waals surface area contributed by atoms with Crippen molar-refractivity contribution in [1.29, 1.82) is 0 Å². The number of rotatable bonds is 4. The molecule has 2 aromatic heterocycles. The number of benzene rings is 1. The average molecular weight is 379 g/mol. The van der Waals surface area contributed by atoms with E-state index in [4.69, 9.17) is 9.72 Å². The zero-order chi connectivity index (χ0) is 19.7. The number of amides is 1. The number of methoxy groups -OCH3 is 1. The fourth-order valence-electron chi connectivity index (χ4n) is 3.58. The number of ether oxygens (including phenoxy) is 1. The summed E-state index contributed by atoms with van der Waals surface area (Å²) >= 11 is 0. The Labute approximate surface area is 164 Å². The standard InChI is InChI=1S/C21H25N5O2/c1-14-12-19(24-25(14)2)21(27)22-16-8-10-26(11-9-16)20-7-4-15-13-17(28-3)5-6-18(15)23-20/h4-7,12-13,16H,8-11H2,1-3H3,(H,22,27). The Hall–Kier alpha value is -3.09. The number of carbonyl (C=O) groups is 1. The van der Waals surface area contributed by atoms with Crippen molar-refractivity contribution in [3.8, 4) is 5.75 Å². The van der Waals surface area contributed by atoms with E-state index in [2.05, 4.69) is 27.4 Å². The zero-order valence-corrected chi connectivity index (χ0v) is 16.5. The maximum Gasteiger partial charge on any atom is 0.272 e. The molecule has 0 radical (unpaired) electrons. The van der Waals surface area contributed by atoms with Gasteiger partial charge in [-0.15, -0.1) is 0 Å². The zero-order valence-electron chi connectivity index (χ0n) is 16.5. The monoisotopic (exact) mass is 379 g/mol. The van der Waals surface area contributed by atoms with Crippen LogP contribution in [0.2, 0.25) is 0 Å². The summed E-state index contributed by atoms with van der Waals surface area (Å²) in [5, 5.41) is 8.43. The van der Waals surface area contributed by atoms with Gasteiger partial charge in [-0.3, -0.25) is 9.48 Å². The van der Waals surface area contributed by atoms with E-state index in [-0.39, 0.29) is 11.9 Å². The van der Waals surface area contributed by atoms with Gasteiger partial charge in [-0.1, -0.05) is 0 Å². The van der Waals surface area contributed by atoms with Crippen LogP contribution >= 0.6 is 0 Å². The largest absolute Gasteiger partial charge is 0.497 e. The van der Waals surface area contributed by atoms with E-state index in [1.807, 2.05) is 38.2 Å². The summed E-state index contributed by atoms with van der Waals surface area (Å²) in [5.74, 6) is 1.71. The first-order valence-corrected chi connectivity index (χ1v) is 9.55. The van der Waals surface area contributed by atoms with Gasteiger partial charge in [-0.2, -0.15) is 5.10 Å². The SMILES string of the molecule is COc1ccc2nc(N3CCC(NC(=O)c4cc(C)n(C)n4)CC3)ccc2c1. The van der Waals surface area contributed by atoms with Crippen LogP contribution in [-0.2, 0) is 7.05 Å². The molecule has 1 aliphatic rings. The number of hydrogen-bond acceptors (Lipinski definition) is 5. The van der Waals surface area contributed by atoms with Crippen molar-refractivity contribution < 1.29 is 9.53 Å². The minimum absolute atomic E-state index is 0.0973. The highest BCUT2D eigenvalue weighted by Gasteiger charge is 2.23. The highest BCUT2D eigenvalue weighted by molar-refractivity contribution is 5.92. The summed E-state index contributed by atoms with van der Waals surface area (Å²) in [6, 6.07) is 12.0. The lowest BCUT2D eigenvalue weighted by Crippen LogP contribution is -2.45. The first-order chi connectivity index (χ1) is 13.5. The first kappa shape index (κ1) is 18.3. The summed E-state index contributed by atoms with van der Waals surface area (Å²) in [5.41, 5.74) is 2.41. The van der Waals surface area contributed by atoms with E-state index in [0.29, 0.717) is 5.69 Å². The van der Waals surface area contributed by atoms with E-state index in [9.17, 15) is 4.79 Å². The molecule has 7 heteroatoms. The second-order valence-electron chi connectivity index (χ2n) is 7.26. The van der Waals surface area contributed by atoms with Crippen LogP contribution in [0.25, 0.3) is 10.9 Å². The Kier molecular flexibility index (Phi) is 4.90. The number of aryl methyl sites for hydroxylation is 2. The first-order valence-electron chi connectivity index (χ1n) is 9.55. The molecule has 0 spiro atoms. The second-order valence-corrected chi connectivity index (χ2v) is 7.26. The number of anilines is 1. The van der Waals surface area contributed by atoms with Crippen molar-refractivity contribution in [3.05, 3.63) is 47.8 Å². The molecular weight excluding hydrogens is 354 g/mol. The third-order valence-electron chi connectivity index (χ3n) is 5.38. The number of nitrogens with one attached hydrogen (secondary N) is 1. The fourth-order valence-corrected chi connectivity index (χ4v) is 3.58. The Bertz CT molecular complexity index is 986. The highest BCUT2D eigenvalue weighted by Crippen LogP contribution is 2.24. The summed E-state index contributed by atoms with van der Waals surface area (Å²) in [4.78, 5) is 19.5. The van der Waals surface area contributed by atoms with Crippen LogP contribution in [0.4, 0.5) is 5.82 Å². The fraction of sp³-hybridized carbons (Fsp3) is 0.381. The molecule has 1 saturated heterocycles. The number of carbonyl (C=O) groups excluding carboxylic acids is 1. The number of nitrogens with zero attached hydrogens (tertiary/aromatic N) is 4. The van der Waals surface area contributed by atoms with Crippen LogP contribution < -0.4 is 15.0 Å². The molecule has 4 rings (SSSR count). The molecule has 3 heterocycles. The Morgan fingerprint density at radius 1 is 1.18 bits per heavy atom. The van der Waals surface area contributed by atoms with Gasteiger partial charge in [-0.05, 0) is 56.2 Å². The minimum Gasteiger partial charge on any atom is -0.497 e. The highest BCUT2D eigenvalue weighted by atomic mass is 16.5. The lowest BCUT2D eigenvalue weighted by Gasteiger charge is -2.33. The summed E-state index contributed by atoms with van der Waals surface area (Å²) in [7, 11) is 3.51. The van der Waals surface area contributed by atoms with Crippen LogP contribution in [0.3, 0.4) is 0 Å². The molecule has 0 saturated carbocycles. The maximum absolute atomic E-state index is 12.4. The van der Waals surface area contributed by atoms with Crippen molar-refractivity contribution in [2.24, 2.45) is 7.05 Å². The van der Waals surface area contributed by atoms with Crippen LogP contribution in [0, 0.1) is 6.92 Å². The van der Waals surface area contributed by atoms with Gasteiger partial charge in [0, 0.05) is 37.3 Å². The topological polar surface area (TPSA) is 72.3 Å². The second kappa shape index (κ2) is 7.50. The molecule has 1 N–H and O–H groups in total. The Morgan fingerprint density at radius 2 is 1.96 bits per heavy atom. The number of aromatic nitrogens is 3. The number of hydrogen-bond donors (Lipinski definition) is 1. The molecule has 0 unspecified atom stereocenters. The molecule has 3 aromatic rings. The summed E-state index contributed by atoms with van der Waals surface area (Å²) in [6.07, 6.45) is 1.78. The third kappa shape index (κ3) is 3.65. The van der Waals surface area contributed by atoms with Crippen LogP contribution in [-0.4, -0.2) is 46.9 Å². The quantitative estimate of drug-likeness (QED) is 0.755. The Morgan fingerprint density at radius 3 is 2.64 bits per heavy atom. The lowest BCUT2D eigenvalue weighted by molar-refractivity contribution is 0.0925. The van der Waals surface area contributed by atoms with Gasteiger partial charge in [0.15, 0.2) is 0 Å². The molecule has 0 aliphatic carbocycles. The van der Waals surface area contributed by atoms with E-state index in [1.54, 1.807) is 11.8 Å². The van der Waals surface area contributed by atoms with Gasteiger partial charge in [-0.25, -0.2) is 4.98 Å². The van der Waals surface area contributed by atoms with E-state index >= 15 is 0 Å². The number of fused-ring (bicyclic) bond motifs is 1. The van der Waals surface area contributed by atoms with Crippen molar-refractivity contribution in [1.82, 2.24) is 20.1 Å².